The number of nitrogens with zero attached hydrogens (tertiary/aromatic N) is 3. The molecule has 0 radical (unpaired) electrons. The lowest BCUT2D eigenvalue weighted by Gasteiger charge is -2.09. The van der Waals surface area contributed by atoms with Crippen molar-refractivity contribution >= 4 is 29.0 Å². The molecule has 0 fully saturated rings. The van der Waals surface area contributed by atoms with Crippen molar-refractivity contribution in [3.05, 3.63) is 57.6 Å². The normalized spacial score (nSPS) is 10.6. The number of amides is 1. The van der Waals surface area contributed by atoms with E-state index < -0.39 is 4.92 Å². The van der Waals surface area contributed by atoms with Gasteiger partial charge in [-0.2, -0.15) is 0 Å². The highest BCUT2D eigenvalue weighted by atomic mass is 32.2. The summed E-state index contributed by atoms with van der Waals surface area (Å²) in [5.74, 6) is 0.266. The predicted molar refractivity (Wildman–Crippen MR) is 108 cm³/mol. The number of nitro benzene ring substituents is 1. The predicted octanol–water partition coefficient (Wildman–Crippen LogP) is 4.00. The Balaban J connectivity index is 1.62. The first kappa shape index (κ1) is 20.3. The first-order valence-electron chi connectivity index (χ1n) is 8.53. The van der Waals surface area contributed by atoms with Crippen LogP contribution in [-0.4, -0.2) is 33.9 Å². The number of carbonyl (C=O) groups is 1. The van der Waals surface area contributed by atoms with Gasteiger partial charge in [-0.1, -0.05) is 17.8 Å². The van der Waals surface area contributed by atoms with E-state index in [4.69, 9.17) is 9.15 Å². The molecule has 0 aliphatic heterocycles. The number of non-ortho nitro benzene ring substituents is 1. The van der Waals surface area contributed by atoms with Crippen LogP contribution in [0.4, 0.5) is 11.4 Å². The average molecular weight is 414 g/mol. The maximum Gasteiger partial charge on any atom is 0.277 e. The maximum absolute atomic E-state index is 12.2. The van der Waals surface area contributed by atoms with Crippen molar-refractivity contribution in [2.45, 2.75) is 19.1 Å². The summed E-state index contributed by atoms with van der Waals surface area (Å²) in [4.78, 5) is 22.5. The summed E-state index contributed by atoms with van der Waals surface area (Å²) >= 11 is 1.09. The fourth-order valence-corrected chi connectivity index (χ4v) is 3.03. The second-order valence-electron chi connectivity index (χ2n) is 6.15. The standard InChI is InChI=1S/C19H18N4O5S/c1-11-4-5-13(8-12(11)2)18-21-22-19(28-18)29-10-17(24)20-15-7-6-14(23(25)26)9-16(15)27-3/h4-9H,10H2,1-3H3,(H,20,24). The third-order valence-electron chi connectivity index (χ3n) is 4.16. The molecule has 3 aromatic rings. The topological polar surface area (TPSA) is 120 Å². The summed E-state index contributed by atoms with van der Waals surface area (Å²) in [6.07, 6.45) is 0. The van der Waals surface area contributed by atoms with Crippen LogP contribution >= 0.6 is 11.8 Å². The third-order valence-corrected chi connectivity index (χ3v) is 4.98. The Kier molecular flexibility index (Phi) is 6.13. The quantitative estimate of drug-likeness (QED) is 0.350. The highest BCUT2D eigenvalue weighted by Gasteiger charge is 2.15. The van der Waals surface area contributed by atoms with Crippen LogP contribution < -0.4 is 10.1 Å². The number of hydrogen-bond acceptors (Lipinski definition) is 8. The Hall–Kier alpha value is -3.40. The van der Waals surface area contributed by atoms with Crippen LogP contribution in [0.15, 0.2) is 46.0 Å². The Morgan fingerprint density at radius 3 is 2.69 bits per heavy atom. The average Bonchev–Trinajstić information content (AvgIpc) is 3.17. The number of aryl methyl sites for hydroxylation is 2. The van der Waals surface area contributed by atoms with E-state index in [0.717, 1.165) is 22.9 Å². The summed E-state index contributed by atoms with van der Waals surface area (Å²) in [7, 11) is 1.37. The minimum Gasteiger partial charge on any atom is -0.494 e. The number of ether oxygens (including phenoxy) is 1. The van der Waals surface area contributed by atoms with Crippen LogP contribution in [0.3, 0.4) is 0 Å². The molecule has 0 bridgehead atoms. The lowest BCUT2D eigenvalue weighted by Crippen LogP contribution is -2.14. The summed E-state index contributed by atoms with van der Waals surface area (Å²) < 4.78 is 10.7. The summed E-state index contributed by atoms with van der Waals surface area (Å²) in [6.45, 7) is 4.02. The van der Waals surface area contributed by atoms with Crippen molar-refractivity contribution in [2.24, 2.45) is 0 Å². The van der Waals surface area contributed by atoms with Crippen molar-refractivity contribution in [2.75, 3.05) is 18.2 Å². The fraction of sp³-hybridized carbons (Fsp3) is 0.211. The van der Waals surface area contributed by atoms with Crippen LogP contribution in [0.25, 0.3) is 11.5 Å². The van der Waals surface area contributed by atoms with Gasteiger partial charge in [0.1, 0.15) is 5.75 Å². The molecule has 1 aromatic heterocycles. The van der Waals surface area contributed by atoms with Crippen molar-refractivity contribution in [3.63, 3.8) is 0 Å². The first-order valence-corrected chi connectivity index (χ1v) is 9.52. The number of anilines is 1. The van der Waals surface area contributed by atoms with E-state index >= 15 is 0 Å². The second kappa shape index (κ2) is 8.74. The van der Waals surface area contributed by atoms with Gasteiger partial charge in [-0.25, -0.2) is 0 Å². The molecule has 9 nitrogen and oxygen atoms in total. The van der Waals surface area contributed by atoms with Crippen molar-refractivity contribution < 1.29 is 18.9 Å². The molecule has 1 amide bonds. The van der Waals surface area contributed by atoms with Gasteiger partial charge < -0.3 is 14.5 Å². The fourth-order valence-electron chi connectivity index (χ4n) is 2.47. The molecule has 0 spiro atoms. The van der Waals surface area contributed by atoms with E-state index in [1.807, 2.05) is 32.0 Å². The van der Waals surface area contributed by atoms with Crippen molar-refractivity contribution in [1.82, 2.24) is 10.2 Å². The molecule has 3 rings (SSSR count). The van der Waals surface area contributed by atoms with Gasteiger partial charge in [0.25, 0.3) is 10.9 Å². The molecule has 0 saturated carbocycles. The van der Waals surface area contributed by atoms with Gasteiger partial charge in [0.15, 0.2) is 0 Å². The van der Waals surface area contributed by atoms with Gasteiger partial charge in [-0.05, 0) is 43.2 Å². The van der Waals surface area contributed by atoms with Crippen LogP contribution in [0.1, 0.15) is 11.1 Å². The SMILES string of the molecule is COc1cc([N+](=O)[O-])ccc1NC(=O)CSc1nnc(-c2ccc(C)c(C)c2)o1. The number of hydrogen-bond donors (Lipinski definition) is 1. The number of thioether (sulfide) groups is 1. The molecule has 0 aliphatic carbocycles. The second-order valence-corrected chi connectivity index (χ2v) is 7.08. The number of benzene rings is 2. The molecular formula is C19H18N4O5S. The van der Waals surface area contributed by atoms with Crippen LogP contribution in [0.2, 0.25) is 0 Å². The molecule has 0 aliphatic rings. The number of carbonyl (C=O) groups excluding carboxylic acids is 1. The van der Waals surface area contributed by atoms with Crippen molar-refractivity contribution in [1.29, 1.82) is 0 Å². The number of methoxy groups -OCH3 is 1. The Labute approximate surface area is 170 Å². The molecule has 2 aromatic carbocycles. The van der Waals surface area contributed by atoms with Gasteiger partial charge in [-0.3, -0.25) is 14.9 Å². The smallest absolute Gasteiger partial charge is 0.277 e. The molecule has 10 heteroatoms. The zero-order chi connectivity index (χ0) is 21.0. The molecule has 0 saturated heterocycles. The molecule has 0 unspecified atom stereocenters. The highest BCUT2D eigenvalue weighted by molar-refractivity contribution is 7.99. The molecule has 1 heterocycles. The zero-order valence-corrected chi connectivity index (χ0v) is 16.8. The van der Waals surface area contributed by atoms with E-state index in [9.17, 15) is 14.9 Å². The lowest BCUT2D eigenvalue weighted by molar-refractivity contribution is -0.384. The number of rotatable bonds is 7. The van der Waals surface area contributed by atoms with E-state index in [-0.39, 0.29) is 28.3 Å². The van der Waals surface area contributed by atoms with Crippen LogP contribution in [0.5, 0.6) is 5.75 Å². The molecule has 1 N–H and O–H groups in total. The summed E-state index contributed by atoms with van der Waals surface area (Å²) in [6, 6.07) is 9.80. The minimum absolute atomic E-state index is 0.0225. The largest absolute Gasteiger partial charge is 0.494 e. The van der Waals surface area contributed by atoms with Crippen LogP contribution in [0, 0.1) is 24.0 Å². The van der Waals surface area contributed by atoms with Crippen LogP contribution in [-0.2, 0) is 4.79 Å². The Morgan fingerprint density at radius 2 is 2.00 bits per heavy atom. The Morgan fingerprint density at radius 1 is 1.21 bits per heavy atom. The first-order chi connectivity index (χ1) is 13.9. The molecule has 150 valence electrons. The lowest BCUT2D eigenvalue weighted by atomic mass is 10.1. The van der Waals surface area contributed by atoms with Crippen molar-refractivity contribution in [3.8, 4) is 17.2 Å². The van der Waals surface area contributed by atoms with Gasteiger partial charge >= 0.3 is 0 Å². The Bertz CT molecular complexity index is 1070. The molecule has 29 heavy (non-hydrogen) atoms. The van der Waals surface area contributed by atoms with Gasteiger partial charge in [0, 0.05) is 11.6 Å². The van der Waals surface area contributed by atoms with E-state index in [2.05, 4.69) is 15.5 Å². The van der Waals surface area contributed by atoms with E-state index in [0.29, 0.717) is 11.6 Å². The number of aromatic nitrogens is 2. The van der Waals surface area contributed by atoms with E-state index in [1.54, 1.807) is 0 Å². The minimum atomic E-state index is -0.535. The molecular weight excluding hydrogens is 396 g/mol. The summed E-state index contributed by atoms with van der Waals surface area (Å²) in [5.41, 5.74) is 3.31. The molecule has 0 atom stereocenters. The monoisotopic (exact) mass is 414 g/mol. The third kappa shape index (κ3) is 4.91. The maximum atomic E-state index is 12.2. The van der Waals surface area contributed by atoms with Gasteiger partial charge in [0.2, 0.25) is 11.8 Å². The number of nitrogens with one attached hydrogen (secondary N) is 1. The summed E-state index contributed by atoms with van der Waals surface area (Å²) in [5, 5.41) is 21.7. The van der Waals surface area contributed by atoms with E-state index in [1.165, 1.54) is 30.9 Å². The zero-order valence-electron chi connectivity index (χ0n) is 16.0. The number of nitro groups is 1. The highest BCUT2D eigenvalue weighted by Crippen LogP contribution is 2.29. The van der Waals surface area contributed by atoms with Gasteiger partial charge in [0.05, 0.1) is 29.5 Å². The van der Waals surface area contributed by atoms with Gasteiger partial charge in [-0.15, -0.1) is 10.2 Å².